The smallest absolute Gasteiger partial charge is 0.335 e. The number of benzene rings is 1. The van der Waals surface area contributed by atoms with E-state index in [9.17, 15) is 19.2 Å². The molecule has 0 saturated carbocycles. The largest absolute Gasteiger partial charge is 0.478 e. The predicted molar refractivity (Wildman–Crippen MR) is 84.1 cm³/mol. The van der Waals surface area contributed by atoms with Crippen LogP contribution in [-0.4, -0.2) is 41.5 Å². The Balaban J connectivity index is 2.60. The van der Waals surface area contributed by atoms with Gasteiger partial charge in [-0.3, -0.25) is 14.4 Å². The van der Waals surface area contributed by atoms with Gasteiger partial charge in [-0.2, -0.15) is 0 Å². The molecule has 2 amide bonds. The van der Waals surface area contributed by atoms with Gasteiger partial charge in [0.1, 0.15) is 6.04 Å². The molecule has 1 atom stereocenters. The first kappa shape index (κ1) is 19.1. The summed E-state index contributed by atoms with van der Waals surface area (Å²) in [7, 11) is 0. The second-order valence-corrected chi connectivity index (χ2v) is 5.03. The van der Waals surface area contributed by atoms with Gasteiger partial charge in [0.05, 0.1) is 18.6 Å². The first-order chi connectivity index (χ1) is 11.3. The van der Waals surface area contributed by atoms with Crippen molar-refractivity contribution in [1.82, 2.24) is 5.32 Å². The van der Waals surface area contributed by atoms with E-state index in [0.717, 1.165) is 0 Å². The molecule has 0 aliphatic heterocycles. The van der Waals surface area contributed by atoms with Crippen LogP contribution in [0, 0.1) is 0 Å². The lowest BCUT2D eigenvalue weighted by Crippen LogP contribution is -2.45. The fourth-order valence-corrected chi connectivity index (χ4v) is 1.96. The van der Waals surface area contributed by atoms with E-state index in [1.807, 2.05) is 0 Å². The summed E-state index contributed by atoms with van der Waals surface area (Å²) < 4.78 is 4.71. The highest BCUT2D eigenvalue weighted by Crippen LogP contribution is 2.08. The monoisotopic (exact) mass is 336 g/mol. The molecule has 0 aliphatic carbocycles. The second-order valence-electron chi connectivity index (χ2n) is 5.03. The summed E-state index contributed by atoms with van der Waals surface area (Å²) in [6.45, 7) is 1.90. The minimum Gasteiger partial charge on any atom is -0.478 e. The minimum absolute atomic E-state index is 0.0849. The van der Waals surface area contributed by atoms with Gasteiger partial charge in [0.25, 0.3) is 0 Å². The second kappa shape index (κ2) is 9.29. The molecule has 8 heteroatoms. The average Bonchev–Trinajstić information content (AvgIpc) is 2.53. The van der Waals surface area contributed by atoms with Crippen molar-refractivity contribution in [2.45, 2.75) is 32.2 Å². The van der Waals surface area contributed by atoms with Gasteiger partial charge in [0.15, 0.2) is 0 Å². The lowest BCUT2D eigenvalue weighted by atomic mass is 10.0. The van der Waals surface area contributed by atoms with Gasteiger partial charge >= 0.3 is 11.9 Å². The van der Waals surface area contributed by atoms with E-state index in [2.05, 4.69) is 5.32 Å². The van der Waals surface area contributed by atoms with Crippen molar-refractivity contribution < 1.29 is 29.0 Å². The highest BCUT2D eigenvalue weighted by molar-refractivity contribution is 5.89. The zero-order valence-corrected chi connectivity index (χ0v) is 13.3. The third kappa shape index (κ3) is 6.47. The van der Waals surface area contributed by atoms with E-state index in [1.54, 1.807) is 19.1 Å². The van der Waals surface area contributed by atoms with Crippen LogP contribution in [0.15, 0.2) is 24.3 Å². The Morgan fingerprint density at radius 2 is 1.79 bits per heavy atom. The van der Waals surface area contributed by atoms with Crippen LogP contribution >= 0.6 is 0 Å². The van der Waals surface area contributed by atoms with E-state index < -0.39 is 29.8 Å². The third-order valence-electron chi connectivity index (χ3n) is 3.18. The zero-order valence-electron chi connectivity index (χ0n) is 13.3. The number of aromatic carboxylic acids is 1. The summed E-state index contributed by atoms with van der Waals surface area (Å²) in [5.74, 6) is -2.76. The van der Waals surface area contributed by atoms with E-state index in [4.69, 9.17) is 15.6 Å². The summed E-state index contributed by atoms with van der Waals surface area (Å²) in [4.78, 5) is 45.3. The van der Waals surface area contributed by atoms with E-state index in [0.29, 0.717) is 5.56 Å². The molecule has 0 fully saturated rings. The number of ether oxygens (including phenoxy) is 1. The molecule has 1 aromatic carbocycles. The van der Waals surface area contributed by atoms with E-state index >= 15 is 0 Å². The average molecular weight is 336 g/mol. The molecular formula is C16H20N2O6. The molecule has 130 valence electrons. The summed E-state index contributed by atoms with van der Waals surface area (Å²) in [5.41, 5.74) is 6.04. The Morgan fingerprint density at radius 1 is 1.17 bits per heavy atom. The van der Waals surface area contributed by atoms with Crippen molar-refractivity contribution in [3.05, 3.63) is 35.4 Å². The maximum absolute atomic E-state index is 11.8. The van der Waals surface area contributed by atoms with Gasteiger partial charge in [-0.15, -0.1) is 0 Å². The summed E-state index contributed by atoms with van der Waals surface area (Å²) in [6.07, 6.45) is -0.0700. The fourth-order valence-electron chi connectivity index (χ4n) is 1.96. The molecule has 0 spiro atoms. The van der Waals surface area contributed by atoms with Gasteiger partial charge in [0.2, 0.25) is 11.8 Å². The van der Waals surface area contributed by atoms with Crippen LogP contribution in [0.3, 0.4) is 0 Å². The highest BCUT2D eigenvalue weighted by Gasteiger charge is 2.19. The third-order valence-corrected chi connectivity index (χ3v) is 3.18. The molecule has 1 aromatic rings. The molecule has 0 aromatic heterocycles. The molecule has 1 rings (SSSR count). The summed E-state index contributed by atoms with van der Waals surface area (Å²) >= 11 is 0. The molecule has 4 N–H and O–H groups in total. The topological polar surface area (TPSA) is 136 Å². The first-order valence-electron chi connectivity index (χ1n) is 7.40. The normalized spacial score (nSPS) is 11.4. The number of carboxylic acids is 1. The number of nitrogens with two attached hydrogens (primary N) is 1. The highest BCUT2D eigenvalue weighted by atomic mass is 16.5. The summed E-state index contributed by atoms with van der Waals surface area (Å²) in [6, 6.07) is 4.95. The first-order valence-corrected chi connectivity index (χ1v) is 7.40. The molecule has 8 nitrogen and oxygen atoms in total. The zero-order chi connectivity index (χ0) is 18.1. The molecular weight excluding hydrogens is 316 g/mol. The quantitative estimate of drug-likeness (QED) is 0.553. The number of carboxylic acid groups (broad SMARTS) is 1. The van der Waals surface area contributed by atoms with Gasteiger partial charge in [-0.05, 0) is 24.6 Å². The van der Waals surface area contributed by atoms with Crippen molar-refractivity contribution in [2.75, 3.05) is 6.61 Å². The number of hydrogen-bond acceptors (Lipinski definition) is 5. The van der Waals surface area contributed by atoms with Crippen molar-refractivity contribution >= 4 is 23.8 Å². The van der Waals surface area contributed by atoms with Crippen LogP contribution in [0.2, 0.25) is 0 Å². The number of nitrogens with one attached hydrogen (secondary N) is 1. The van der Waals surface area contributed by atoms with Crippen molar-refractivity contribution in [3.63, 3.8) is 0 Å². The number of carbonyl (C=O) groups is 4. The maximum atomic E-state index is 11.8. The lowest BCUT2D eigenvalue weighted by Gasteiger charge is -2.15. The Morgan fingerprint density at radius 3 is 2.29 bits per heavy atom. The van der Waals surface area contributed by atoms with Crippen molar-refractivity contribution in [3.8, 4) is 0 Å². The van der Waals surface area contributed by atoms with Gasteiger partial charge in [-0.25, -0.2) is 4.79 Å². The Kier molecular flexibility index (Phi) is 7.41. The molecule has 0 bridgehead atoms. The molecule has 0 aliphatic rings. The predicted octanol–water partition coefficient (Wildman–Crippen LogP) is 0.241. The Hall–Kier alpha value is -2.90. The Bertz CT molecular complexity index is 611. The SMILES string of the molecule is CCOC(=O)CCC(=O)N[C@@H](Cc1ccc(C(=O)O)cc1)C(N)=O. The van der Waals surface area contributed by atoms with Crippen LogP contribution < -0.4 is 11.1 Å². The molecule has 24 heavy (non-hydrogen) atoms. The van der Waals surface area contributed by atoms with Crippen LogP contribution in [0.25, 0.3) is 0 Å². The fraction of sp³-hybridized carbons (Fsp3) is 0.375. The number of primary amides is 1. The van der Waals surface area contributed by atoms with Crippen LogP contribution in [0.1, 0.15) is 35.7 Å². The number of carbonyl (C=O) groups excluding carboxylic acids is 3. The molecule has 0 unspecified atom stereocenters. The standard InChI is InChI=1S/C16H20N2O6/c1-2-24-14(20)8-7-13(19)18-12(15(17)21)9-10-3-5-11(6-4-10)16(22)23/h3-6,12H,2,7-9H2,1H3,(H2,17,21)(H,18,19)(H,22,23)/t12-/m0/s1. The summed E-state index contributed by atoms with van der Waals surface area (Å²) in [5, 5.41) is 11.3. The number of hydrogen-bond donors (Lipinski definition) is 3. The van der Waals surface area contributed by atoms with Gasteiger partial charge in [0, 0.05) is 12.8 Å². The Labute approximate surface area is 139 Å². The van der Waals surface area contributed by atoms with Crippen LogP contribution in [0.5, 0.6) is 0 Å². The van der Waals surface area contributed by atoms with Gasteiger partial charge < -0.3 is 20.9 Å². The van der Waals surface area contributed by atoms with Crippen LogP contribution in [-0.2, 0) is 25.5 Å². The number of esters is 1. The van der Waals surface area contributed by atoms with Crippen LogP contribution in [0.4, 0.5) is 0 Å². The lowest BCUT2D eigenvalue weighted by molar-refractivity contribution is -0.144. The van der Waals surface area contributed by atoms with Crippen molar-refractivity contribution in [2.24, 2.45) is 5.73 Å². The van der Waals surface area contributed by atoms with Gasteiger partial charge in [-0.1, -0.05) is 12.1 Å². The van der Waals surface area contributed by atoms with E-state index in [1.165, 1.54) is 12.1 Å². The van der Waals surface area contributed by atoms with Crippen molar-refractivity contribution in [1.29, 1.82) is 0 Å². The number of rotatable bonds is 9. The number of amides is 2. The molecule has 0 heterocycles. The maximum Gasteiger partial charge on any atom is 0.335 e. The molecule has 0 saturated heterocycles. The molecule has 0 radical (unpaired) electrons. The van der Waals surface area contributed by atoms with E-state index in [-0.39, 0.29) is 31.4 Å². The minimum atomic E-state index is -1.06.